The molecule has 0 aliphatic rings. The van der Waals surface area contributed by atoms with Gasteiger partial charge in [0.2, 0.25) is 0 Å². The lowest BCUT2D eigenvalue weighted by Gasteiger charge is -2.00. The molecule has 22 heavy (non-hydrogen) atoms. The van der Waals surface area contributed by atoms with Crippen LogP contribution in [0.3, 0.4) is 0 Å². The van der Waals surface area contributed by atoms with Gasteiger partial charge in [-0.05, 0) is 18.9 Å². The number of hydrazine groups is 1. The highest BCUT2D eigenvalue weighted by atomic mass is 16.3. The van der Waals surface area contributed by atoms with Gasteiger partial charge in [-0.3, -0.25) is 10.2 Å². The normalized spacial score (nSPS) is 12.4. The maximum absolute atomic E-state index is 10.9. The van der Waals surface area contributed by atoms with Crippen molar-refractivity contribution in [2.24, 2.45) is 5.84 Å². The fourth-order valence-electron chi connectivity index (χ4n) is 2.11. The first kappa shape index (κ1) is 20.5. The van der Waals surface area contributed by atoms with E-state index in [4.69, 9.17) is 5.84 Å². The molecule has 0 aliphatic carbocycles. The zero-order valence-electron chi connectivity index (χ0n) is 13.9. The summed E-state index contributed by atoms with van der Waals surface area (Å²) in [6, 6.07) is 0. The molecule has 4 nitrogen and oxygen atoms in total. The van der Waals surface area contributed by atoms with Gasteiger partial charge >= 0.3 is 0 Å². The van der Waals surface area contributed by atoms with Crippen LogP contribution in [-0.4, -0.2) is 11.0 Å². The van der Waals surface area contributed by atoms with E-state index >= 15 is 0 Å². The molecule has 0 aliphatic heterocycles. The summed E-state index contributed by atoms with van der Waals surface area (Å²) in [5, 5.41) is 9.20. The Morgan fingerprint density at radius 1 is 0.955 bits per heavy atom. The monoisotopic (exact) mass is 308 g/mol. The second kappa shape index (κ2) is 15.8. The van der Waals surface area contributed by atoms with Crippen LogP contribution in [0.4, 0.5) is 0 Å². The van der Waals surface area contributed by atoms with Crippen molar-refractivity contribution in [2.45, 2.75) is 71.1 Å². The molecule has 0 unspecified atom stereocenters. The van der Waals surface area contributed by atoms with Gasteiger partial charge in [0.1, 0.15) is 0 Å². The molecule has 0 spiro atoms. The molecule has 126 valence electrons. The molecule has 0 fully saturated rings. The first-order chi connectivity index (χ1) is 10.7. The van der Waals surface area contributed by atoms with E-state index < -0.39 is 11.7 Å². The van der Waals surface area contributed by atoms with Crippen LogP contribution in [0.15, 0.2) is 36.1 Å². The van der Waals surface area contributed by atoms with Crippen LogP contribution in [0.1, 0.15) is 71.1 Å². The van der Waals surface area contributed by atoms with Gasteiger partial charge in [-0.25, -0.2) is 5.84 Å². The summed E-state index contributed by atoms with van der Waals surface area (Å²) in [5.74, 6) is 3.80. The van der Waals surface area contributed by atoms with Crippen LogP contribution in [0.25, 0.3) is 0 Å². The van der Waals surface area contributed by atoms with Crippen LogP contribution in [0.5, 0.6) is 0 Å². The summed E-state index contributed by atoms with van der Waals surface area (Å²) in [7, 11) is 0. The number of carbonyl (C=O) groups is 1. The van der Waals surface area contributed by atoms with Crippen LogP contribution in [-0.2, 0) is 4.79 Å². The Labute approximate surface area is 135 Å². The van der Waals surface area contributed by atoms with Crippen LogP contribution < -0.4 is 11.3 Å². The van der Waals surface area contributed by atoms with Gasteiger partial charge in [-0.2, -0.15) is 0 Å². The lowest BCUT2D eigenvalue weighted by atomic mass is 10.1. The maximum atomic E-state index is 10.9. The molecule has 0 heterocycles. The van der Waals surface area contributed by atoms with Crippen molar-refractivity contribution < 1.29 is 9.90 Å². The second-order valence-corrected chi connectivity index (χ2v) is 5.46. The fourth-order valence-corrected chi connectivity index (χ4v) is 2.11. The zero-order chi connectivity index (χ0) is 16.5. The molecule has 0 saturated carbocycles. The van der Waals surface area contributed by atoms with E-state index in [1.54, 1.807) is 12.2 Å². The number of hydrogen-bond donors (Lipinski definition) is 3. The maximum Gasteiger partial charge on any atom is 0.299 e. The number of unbranched alkanes of at least 4 members (excludes halogenated alkanes) is 9. The third-order valence-corrected chi connectivity index (χ3v) is 3.45. The first-order valence-corrected chi connectivity index (χ1v) is 8.45. The van der Waals surface area contributed by atoms with Gasteiger partial charge in [0.05, 0.1) is 0 Å². The molecule has 0 saturated heterocycles. The van der Waals surface area contributed by atoms with E-state index in [0.717, 1.165) is 6.42 Å². The Hall–Kier alpha value is -1.55. The van der Waals surface area contributed by atoms with Gasteiger partial charge in [-0.1, -0.05) is 82.6 Å². The van der Waals surface area contributed by atoms with Crippen LogP contribution >= 0.6 is 0 Å². The van der Waals surface area contributed by atoms with E-state index in [1.807, 2.05) is 11.5 Å². The summed E-state index contributed by atoms with van der Waals surface area (Å²) in [5.41, 5.74) is 1.86. The minimum Gasteiger partial charge on any atom is -0.503 e. The Balaban J connectivity index is 3.46. The quantitative estimate of drug-likeness (QED) is 0.0894. The summed E-state index contributed by atoms with van der Waals surface area (Å²) in [6.07, 6.45) is 21.9. The Bertz CT molecular complexity index is 360. The minimum atomic E-state index is -0.691. The Morgan fingerprint density at radius 3 is 2.14 bits per heavy atom. The van der Waals surface area contributed by atoms with E-state index in [1.165, 1.54) is 63.9 Å². The lowest BCUT2D eigenvalue weighted by Crippen LogP contribution is -2.31. The molecule has 0 rings (SSSR count). The van der Waals surface area contributed by atoms with Crippen LogP contribution in [0, 0.1) is 0 Å². The van der Waals surface area contributed by atoms with Crippen LogP contribution in [0.2, 0.25) is 0 Å². The number of allylic oxidation sites excluding steroid dienone is 5. The molecule has 0 bridgehead atoms. The van der Waals surface area contributed by atoms with Gasteiger partial charge in [-0.15, -0.1) is 0 Å². The first-order valence-electron chi connectivity index (χ1n) is 8.45. The van der Waals surface area contributed by atoms with E-state index in [0.29, 0.717) is 0 Å². The lowest BCUT2D eigenvalue weighted by molar-refractivity contribution is -0.120. The van der Waals surface area contributed by atoms with Gasteiger partial charge in [0.15, 0.2) is 5.76 Å². The molecular formula is C18H32N2O2. The summed E-state index contributed by atoms with van der Waals surface area (Å²) < 4.78 is 0. The van der Waals surface area contributed by atoms with Crippen molar-refractivity contribution in [2.75, 3.05) is 0 Å². The minimum absolute atomic E-state index is 0.397. The second-order valence-electron chi connectivity index (χ2n) is 5.46. The van der Waals surface area contributed by atoms with Crippen molar-refractivity contribution in [3.8, 4) is 0 Å². The molecule has 0 aromatic heterocycles. The van der Waals surface area contributed by atoms with E-state index in [9.17, 15) is 9.90 Å². The number of aliphatic hydroxyl groups is 1. The number of hydrogen-bond acceptors (Lipinski definition) is 3. The Kier molecular flexibility index (Phi) is 14.7. The van der Waals surface area contributed by atoms with Crippen molar-refractivity contribution in [3.05, 3.63) is 36.1 Å². The van der Waals surface area contributed by atoms with Crippen molar-refractivity contribution in [1.29, 1.82) is 0 Å². The van der Waals surface area contributed by atoms with Gasteiger partial charge < -0.3 is 5.11 Å². The van der Waals surface area contributed by atoms with E-state index in [-0.39, 0.29) is 0 Å². The number of amides is 1. The molecule has 4 N–H and O–H groups in total. The SMILES string of the molecule is CCCCCCCCCCCC=CC=CC=C(O)C(=O)NN. The molecule has 4 heteroatoms. The predicted molar refractivity (Wildman–Crippen MR) is 93.2 cm³/mol. The third-order valence-electron chi connectivity index (χ3n) is 3.45. The average Bonchev–Trinajstić information content (AvgIpc) is 2.54. The van der Waals surface area contributed by atoms with E-state index in [2.05, 4.69) is 13.0 Å². The largest absolute Gasteiger partial charge is 0.503 e. The predicted octanol–water partition coefficient (Wildman–Crippen LogP) is 4.45. The molecule has 0 radical (unpaired) electrons. The highest BCUT2D eigenvalue weighted by molar-refractivity contribution is 5.90. The van der Waals surface area contributed by atoms with Gasteiger partial charge in [0, 0.05) is 0 Å². The summed E-state index contributed by atoms with van der Waals surface area (Å²) >= 11 is 0. The number of carbonyl (C=O) groups excluding carboxylic acids is 1. The fraction of sp³-hybridized carbons (Fsp3) is 0.611. The van der Waals surface area contributed by atoms with Crippen molar-refractivity contribution in [3.63, 3.8) is 0 Å². The molecule has 0 atom stereocenters. The number of aliphatic hydroxyl groups excluding tert-OH is 1. The molecule has 0 aromatic rings. The number of nitrogens with two attached hydrogens (primary N) is 1. The number of nitrogens with one attached hydrogen (secondary N) is 1. The Morgan fingerprint density at radius 2 is 1.55 bits per heavy atom. The molecule has 1 amide bonds. The standard InChI is InChI=1S/C18H32N2O2/c1-2-3-4-5-6-7-8-9-10-11-12-13-14-15-16-17(21)18(22)20-19/h12-16,21H,2-11,19H2,1H3,(H,20,22). The highest BCUT2D eigenvalue weighted by Crippen LogP contribution is 2.10. The number of rotatable bonds is 13. The van der Waals surface area contributed by atoms with Gasteiger partial charge in [0.25, 0.3) is 5.91 Å². The summed E-state index contributed by atoms with van der Waals surface area (Å²) in [4.78, 5) is 10.9. The zero-order valence-corrected chi connectivity index (χ0v) is 13.9. The smallest absolute Gasteiger partial charge is 0.299 e. The highest BCUT2D eigenvalue weighted by Gasteiger charge is 2.00. The molecular weight excluding hydrogens is 276 g/mol. The third kappa shape index (κ3) is 13.4. The molecule has 0 aromatic carbocycles. The topological polar surface area (TPSA) is 75.3 Å². The van der Waals surface area contributed by atoms with Crippen molar-refractivity contribution in [1.82, 2.24) is 5.43 Å². The van der Waals surface area contributed by atoms with Crippen molar-refractivity contribution >= 4 is 5.91 Å². The summed E-state index contributed by atoms with van der Waals surface area (Å²) in [6.45, 7) is 2.25. The average molecular weight is 308 g/mol.